The number of hydrogen-bond acceptors (Lipinski definition) is 2. The maximum atomic E-state index is 10.9. The molecule has 0 aromatic heterocycles. The molecule has 0 atom stereocenters. The minimum absolute atomic E-state index is 0.0685. The molecule has 0 bridgehead atoms. The van der Waals surface area contributed by atoms with Gasteiger partial charge in [0.25, 0.3) is 0 Å². The molecule has 0 saturated heterocycles. The van der Waals surface area contributed by atoms with Crippen LogP contribution in [0.1, 0.15) is 33.1 Å². The Bertz CT molecular complexity index is 139. The lowest BCUT2D eigenvalue weighted by Gasteiger charge is -2.06. The Labute approximate surface area is 86.8 Å². The van der Waals surface area contributed by atoms with Crippen LogP contribution in [0.15, 0.2) is 0 Å². The topological polar surface area (TPSA) is 53.2 Å². The van der Waals surface area contributed by atoms with Gasteiger partial charge < -0.3 is 16.0 Å². The van der Waals surface area contributed by atoms with Gasteiger partial charge >= 0.3 is 6.03 Å². The van der Waals surface area contributed by atoms with Crippen LogP contribution >= 0.6 is 0 Å². The van der Waals surface area contributed by atoms with Crippen molar-refractivity contribution >= 4 is 6.03 Å². The van der Waals surface area contributed by atoms with E-state index in [0.717, 1.165) is 26.1 Å². The Hall–Kier alpha value is -0.770. The molecule has 0 aliphatic heterocycles. The molecule has 0 saturated carbocycles. The molecule has 0 aliphatic rings. The zero-order valence-electron chi connectivity index (χ0n) is 9.36. The summed E-state index contributed by atoms with van der Waals surface area (Å²) in [6.07, 6.45) is 3.44. The van der Waals surface area contributed by atoms with Gasteiger partial charge in [0.05, 0.1) is 0 Å². The summed E-state index contributed by atoms with van der Waals surface area (Å²) in [5.41, 5.74) is 0. The van der Waals surface area contributed by atoms with E-state index in [2.05, 4.69) is 22.9 Å². The first-order chi connectivity index (χ1) is 6.81. The van der Waals surface area contributed by atoms with Crippen LogP contribution in [-0.4, -0.2) is 32.2 Å². The van der Waals surface area contributed by atoms with E-state index in [1.54, 1.807) is 0 Å². The molecular formula is C10H23N3O. The summed E-state index contributed by atoms with van der Waals surface area (Å²) in [7, 11) is 0. The maximum absolute atomic E-state index is 10.9. The summed E-state index contributed by atoms with van der Waals surface area (Å²) < 4.78 is 0. The average molecular weight is 201 g/mol. The van der Waals surface area contributed by atoms with Crippen molar-refractivity contribution in [2.75, 3.05) is 26.2 Å². The predicted octanol–water partition coefficient (Wildman–Crippen LogP) is 1.09. The number of carbonyl (C=O) groups is 1. The van der Waals surface area contributed by atoms with Crippen molar-refractivity contribution < 1.29 is 4.79 Å². The van der Waals surface area contributed by atoms with E-state index in [9.17, 15) is 4.79 Å². The fourth-order valence-corrected chi connectivity index (χ4v) is 1.07. The zero-order valence-corrected chi connectivity index (χ0v) is 9.36. The molecule has 3 N–H and O–H groups in total. The Morgan fingerprint density at radius 1 is 1.00 bits per heavy atom. The molecule has 0 unspecified atom stereocenters. The summed E-state index contributed by atoms with van der Waals surface area (Å²) in [4.78, 5) is 10.9. The SMILES string of the molecule is CCCCNCCCNC(=O)NCC. The second-order valence-corrected chi connectivity index (χ2v) is 3.24. The van der Waals surface area contributed by atoms with Gasteiger partial charge in [-0.15, -0.1) is 0 Å². The monoisotopic (exact) mass is 201 g/mol. The Balaban J connectivity index is 3.01. The van der Waals surface area contributed by atoms with Crippen molar-refractivity contribution in [3.63, 3.8) is 0 Å². The first-order valence-electron chi connectivity index (χ1n) is 5.53. The second-order valence-electron chi connectivity index (χ2n) is 3.24. The maximum Gasteiger partial charge on any atom is 0.314 e. The van der Waals surface area contributed by atoms with E-state index in [4.69, 9.17) is 0 Å². The highest BCUT2D eigenvalue weighted by atomic mass is 16.2. The fourth-order valence-electron chi connectivity index (χ4n) is 1.07. The normalized spacial score (nSPS) is 9.86. The van der Waals surface area contributed by atoms with Crippen LogP contribution in [0.4, 0.5) is 4.79 Å². The van der Waals surface area contributed by atoms with E-state index in [-0.39, 0.29) is 6.03 Å². The van der Waals surface area contributed by atoms with Crippen LogP contribution in [0.2, 0.25) is 0 Å². The highest BCUT2D eigenvalue weighted by molar-refractivity contribution is 5.73. The molecule has 4 nitrogen and oxygen atoms in total. The number of nitrogens with one attached hydrogen (secondary N) is 3. The fraction of sp³-hybridized carbons (Fsp3) is 0.900. The molecule has 0 fully saturated rings. The third-order valence-corrected chi connectivity index (χ3v) is 1.86. The van der Waals surface area contributed by atoms with E-state index >= 15 is 0 Å². The summed E-state index contributed by atoms with van der Waals surface area (Å²) in [5, 5.41) is 8.79. The Kier molecular flexibility index (Phi) is 9.74. The van der Waals surface area contributed by atoms with Gasteiger partial charge in [0, 0.05) is 13.1 Å². The molecule has 0 aromatic carbocycles. The molecule has 0 radical (unpaired) electrons. The molecule has 0 spiro atoms. The summed E-state index contributed by atoms with van der Waals surface area (Å²) in [5.74, 6) is 0. The highest BCUT2D eigenvalue weighted by Gasteiger charge is 1.95. The molecule has 0 rings (SSSR count). The van der Waals surface area contributed by atoms with Crippen LogP contribution in [0.25, 0.3) is 0 Å². The lowest BCUT2D eigenvalue weighted by Crippen LogP contribution is -2.36. The molecule has 0 aliphatic carbocycles. The summed E-state index contributed by atoms with van der Waals surface area (Å²) in [6, 6.07) is -0.0685. The summed E-state index contributed by atoms with van der Waals surface area (Å²) >= 11 is 0. The number of rotatable bonds is 8. The van der Waals surface area contributed by atoms with Crippen LogP contribution in [0.3, 0.4) is 0 Å². The van der Waals surface area contributed by atoms with Gasteiger partial charge in [-0.2, -0.15) is 0 Å². The van der Waals surface area contributed by atoms with Crippen LogP contribution in [0.5, 0.6) is 0 Å². The molecule has 84 valence electrons. The van der Waals surface area contributed by atoms with Crippen molar-refractivity contribution in [2.45, 2.75) is 33.1 Å². The number of amides is 2. The van der Waals surface area contributed by atoms with Crippen LogP contribution in [-0.2, 0) is 0 Å². The lowest BCUT2D eigenvalue weighted by molar-refractivity contribution is 0.241. The summed E-state index contributed by atoms with van der Waals surface area (Å²) in [6.45, 7) is 7.57. The Morgan fingerprint density at radius 2 is 1.71 bits per heavy atom. The largest absolute Gasteiger partial charge is 0.338 e. The van der Waals surface area contributed by atoms with Gasteiger partial charge in [-0.05, 0) is 32.9 Å². The predicted molar refractivity (Wildman–Crippen MR) is 59.5 cm³/mol. The van der Waals surface area contributed by atoms with E-state index < -0.39 is 0 Å². The third kappa shape index (κ3) is 9.32. The third-order valence-electron chi connectivity index (χ3n) is 1.86. The minimum atomic E-state index is -0.0685. The molecule has 14 heavy (non-hydrogen) atoms. The van der Waals surface area contributed by atoms with Crippen LogP contribution < -0.4 is 16.0 Å². The minimum Gasteiger partial charge on any atom is -0.338 e. The van der Waals surface area contributed by atoms with Gasteiger partial charge in [-0.3, -0.25) is 0 Å². The first-order valence-corrected chi connectivity index (χ1v) is 5.53. The molecule has 4 heteroatoms. The van der Waals surface area contributed by atoms with Gasteiger partial charge in [0.2, 0.25) is 0 Å². The number of urea groups is 1. The first kappa shape index (κ1) is 13.2. The molecular weight excluding hydrogens is 178 g/mol. The lowest BCUT2D eigenvalue weighted by atomic mass is 10.3. The van der Waals surface area contributed by atoms with Crippen molar-refractivity contribution in [3.8, 4) is 0 Å². The van der Waals surface area contributed by atoms with Gasteiger partial charge in [-0.1, -0.05) is 13.3 Å². The van der Waals surface area contributed by atoms with Crippen molar-refractivity contribution in [1.82, 2.24) is 16.0 Å². The molecule has 0 aromatic rings. The number of carbonyl (C=O) groups excluding carboxylic acids is 1. The Morgan fingerprint density at radius 3 is 2.36 bits per heavy atom. The van der Waals surface area contributed by atoms with Crippen molar-refractivity contribution in [2.24, 2.45) is 0 Å². The number of unbranched alkanes of at least 4 members (excludes halogenated alkanes) is 1. The standard InChI is InChI=1S/C10H23N3O/c1-3-5-7-11-8-6-9-13-10(14)12-4-2/h11H,3-9H2,1-2H3,(H2,12,13,14). The quantitative estimate of drug-likeness (QED) is 0.515. The van der Waals surface area contributed by atoms with Crippen molar-refractivity contribution in [1.29, 1.82) is 0 Å². The van der Waals surface area contributed by atoms with E-state index in [0.29, 0.717) is 6.54 Å². The van der Waals surface area contributed by atoms with Crippen molar-refractivity contribution in [3.05, 3.63) is 0 Å². The van der Waals surface area contributed by atoms with E-state index in [1.807, 2.05) is 6.92 Å². The van der Waals surface area contributed by atoms with Gasteiger partial charge in [-0.25, -0.2) is 4.79 Å². The van der Waals surface area contributed by atoms with E-state index in [1.165, 1.54) is 12.8 Å². The van der Waals surface area contributed by atoms with Gasteiger partial charge in [0.15, 0.2) is 0 Å². The van der Waals surface area contributed by atoms with Gasteiger partial charge in [0.1, 0.15) is 0 Å². The number of hydrogen-bond donors (Lipinski definition) is 3. The molecule has 2 amide bonds. The highest BCUT2D eigenvalue weighted by Crippen LogP contribution is 1.82. The smallest absolute Gasteiger partial charge is 0.314 e. The average Bonchev–Trinajstić information content (AvgIpc) is 2.17. The molecule has 0 heterocycles. The zero-order chi connectivity index (χ0) is 10.6. The second kappa shape index (κ2) is 10.3. The van der Waals surface area contributed by atoms with Crippen LogP contribution in [0, 0.1) is 0 Å².